The molecule has 172 valence electrons. The highest BCUT2D eigenvalue weighted by atomic mass is 16.5. The third-order valence-electron chi connectivity index (χ3n) is 6.92. The first-order chi connectivity index (χ1) is 15.2. The number of nitrogens with zero attached hydrogens (tertiary/aromatic N) is 5. The predicted octanol–water partition coefficient (Wildman–Crippen LogP) is 1.57. The number of morpholine rings is 1. The van der Waals surface area contributed by atoms with E-state index in [1.165, 1.54) is 12.1 Å². The molecule has 0 bridgehead atoms. The number of rotatable bonds is 6. The van der Waals surface area contributed by atoms with Crippen molar-refractivity contribution < 1.29 is 4.74 Å². The van der Waals surface area contributed by atoms with Crippen molar-refractivity contribution in [2.45, 2.75) is 32.4 Å². The van der Waals surface area contributed by atoms with Crippen LogP contribution in [-0.2, 0) is 4.74 Å². The molecule has 3 heterocycles. The van der Waals surface area contributed by atoms with E-state index in [1.54, 1.807) is 0 Å². The van der Waals surface area contributed by atoms with Gasteiger partial charge >= 0.3 is 0 Å². The van der Waals surface area contributed by atoms with Gasteiger partial charge in [0.05, 0.1) is 19.8 Å². The van der Waals surface area contributed by atoms with Crippen molar-refractivity contribution in [3.8, 4) is 0 Å². The summed E-state index contributed by atoms with van der Waals surface area (Å²) in [6, 6.07) is 11.9. The van der Waals surface area contributed by atoms with Gasteiger partial charge in [0.2, 0.25) is 0 Å². The lowest BCUT2D eigenvalue weighted by Gasteiger charge is -2.38. The monoisotopic (exact) mass is 428 g/mol. The Hall–Kier alpha value is -1.83. The van der Waals surface area contributed by atoms with Gasteiger partial charge in [0.15, 0.2) is 5.96 Å². The zero-order valence-electron chi connectivity index (χ0n) is 19.4. The van der Waals surface area contributed by atoms with Gasteiger partial charge in [-0.15, -0.1) is 0 Å². The molecule has 0 saturated carbocycles. The average molecular weight is 429 g/mol. The molecule has 1 aromatic rings. The molecule has 31 heavy (non-hydrogen) atoms. The van der Waals surface area contributed by atoms with Gasteiger partial charge in [0.1, 0.15) is 0 Å². The first-order valence-electron chi connectivity index (χ1n) is 12.1. The molecular weight excluding hydrogens is 388 g/mol. The van der Waals surface area contributed by atoms with E-state index in [1.807, 2.05) is 0 Å². The highest BCUT2D eigenvalue weighted by molar-refractivity contribution is 5.80. The van der Waals surface area contributed by atoms with Crippen molar-refractivity contribution in [2.24, 2.45) is 4.99 Å². The maximum absolute atomic E-state index is 5.53. The molecule has 2 unspecified atom stereocenters. The molecule has 2 atom stereocenters. The minimum atomic E-state index is 0.462. The van der Waals surface area contributed by atoms with Crippen LogP contribution in [0, 0.1) is 0 Å². The Labute approximate surface area is 188 Å². The molecule has 0 spiro atoms. The SMILES string of the molecule is CCNC(=NCC(C)N1CCN(c2ccccc2)CC1)N1CCC(N2CCOCC2)C1. The Bertz CT molecular complexity index is 685. The first kappa shape index (κ1) is 22.4. The zero-order chi connectivity index (χ0) is 21.5. The summed E-state index contributed by atoms with van der Waals surface area (Å²) in [6.45, 7) is 16.7. The summed E-state index contributed by atoms with van der Waals surface area (Å²) >= 11 is 0. The Morgan fingerprint density at radius 2 is 1.81 bits per heavy atom. The average Bonchev–Trinajstić information content (AvgIpc) is 3.33. The molecule has 3 aliphatic heterocycles. The lowest BCUT2D eigenvalue weighted by molar-refractivity contribution is 0.0195. The summed E-state index contributed by atoms with van der Waals surface area (Å²) in [5.74, 6) is 1.09. The molecule has 7 heteroatoms. The standard InChI is InChI=1S/C24H40N6O/c1-3-25-24(30-10-9-23(20-30)29-15-17-31-18-16-29)26-19-21(2)27-11-13-28(14-12-27)22-7-5-4-6-8-22/h4-8,21,23H,3,9-20H2,1-2H3,(H,25,26). The number of ether oxygens (including phenoxy) is 1. The van der Waals surface area contributed by atoms with Gasteiger partial charge in [-0.25, -0.2) is 0 Å². The van der Waals surface area contributed by atoms with E-state index in [0.717, 1.165) is 84.6 Å². The topological polar surface area (TPSA) is 46.6 Å². The number of nitrogens with one attached hydrogen (secondary N) is 1. The molecular formula is C24H40N6O. The normalized spacial score (nSPS) is 25.1. The van der Waals surface area contributed by atoms with Crippen LogP contribution in [0.4, 0.5) is 5.69 Å². The van der Waals surface area contributed by atoms with Gasteiger partial charge in [-0.3, -0.25) is 14.8 Å². The number of hydrogen-bond acceptors (Lipinski definition) is 5. The fraction of sp³-hybridized carbons (Fsp3) is 0.708. The second-order valence-electron chi connectivity index (χ2n) is 8.94. The van der Waals surface area contributed by atoms with Gasteiger partial charge in [0, 0.05) is 76.7 Å². The summed E-state index contributed by atoms with van der Waals surface area (Å²) in [5.41, 5.74) is 1.34. The van der Waals surface area contributed by atoms with Crippen LogP contribution < -0.4 is 10.2 Å². The Morgan fingerprint density at radius 3 is 2.52 bits per heavy atom. The molecule has 0 aliphatic carbocycles. The number of aliphatic imine (C=N–C) groups is 1. The second kappa shape index (κ2) is 11.2. The van der Waals surface area contributed by atoms with Crippen molar-refractivity contribution in [2.75, 3.05) is 83.6 Å². The summed E-state index contributed by atoms with van der Waals surface area (Å²) < 4.78 is 5.53. The van der Waals surface area contributed by atoms with Crippen molar-refractivity contribution in [1.82, 2.24) is 20.0 Å². The van der Waals surface area contributed by atoms with Crippen LogP contribution in [0.5, 0.6) is 0 Å². The predicted molar refractivity (Wildman–Crippen MR) is 128 cm³/mol. The van der Waals surface area contributed by atoms with Crippen LogP contribution in [-0.4, -0.2) is 111 Å². The molecule has 7 nitrogen and oxygen atoms in total. The number of anilines is 1. The van der Waals surface area contributed by atoms with Crippen molar-refractivity contribution >= 4 is 11.6 Å². The molecule has 0 aromatic heterocycles. The number of hydrogen-bond donors (Lipinski definition) is 1. The fourth-order valence-electron chi connectivity index (χ4n) is 4.99. The van der Waals surface area contributed by atoms with E-state index in [-0.39, 0.29) is 0 Å². The third-order valence-corrected chi connectivity index (χ3v) is 6.92. The molecule has 1 aromatic carbocycles. The zero-order valence-corrected chi connectivity index (χ0v) is 19.4. The number of likely N-dealkylation sites (tertiary alicyclic amines) is 1. The Balaban J connectivity index is 1.27. The second-order valence-corrected chi connectivity index (χ2v) is 8.94. The maximum Gasteiger partial charge on any atom is 0.194 e. The van der Waals surface area contributed by atoms with Gasteiger partial charge in [-0.2, -0.15) is 0 Å². The molecule has 3 fully saturated rings. The number of guanidine groups is 1. The summed E-state index contributed by atoms with van der Waals surface area (Å²) in [4.78, 5) is 15.2. The lowest BCUT2D eigenvalue weighted by atomic mass is 10.2. The van der Waals surface area contributed by atoms with E-state index in [2.05, 4.69) is 69.1 Å². The molecule has 3 aliphatic rings. The minimum Gasteiger partial charge on any atom is -0.379 e. The van der Waals surface area contributed by atoms with Crippen molar-refractivity contribution in [1.29, 1.82) is 0 Å². The first-order valence-corrected chi connectivity index (χ1v) is 12.1. The van der Waals surface area contributed by atoms with Crippen LogP contribution in [0.2, 0.25) is 0 Å². The quantitative estimate of drug-likeness (QED) is 0.548. The highest BCUT2D eigenvalue weighted by Crippen LogP contribution is 2.18. The molecule has 3 saturated heterocycles. The smallest absolute Gasteiger partial charge is 0.194 e. The van der Waals surface area contributed by atoms with Crippen LogP contribution in [0.3, 0.4) is 0 Å². The Morgan fingerprint density at radius 1 is 1.06 bits per heavy atom. The van der Waals surface area contributed by atoms with E-state index in [4.69, 9.17) is 9.73 Å². The summed E-state index contributed by atoms with van der Waals surface area (Å²) in [5, 5.41) is 3.54. The van der Waals surface area contributed by atoms with Gasteiger partial charge in [0.25, 0.3) is 0 Å². The number of piperazine rings is 1. The van der Waals surface area contributed by atoms with Crippen molar-refractivity contribution in [3.63, 3.8) is 0 Å². The molecule has 1 N–H and O–H groups in total. The lowest BCUT2D eigenvalue weighted by Crippen LogP contribution is -2.51. The molecule has 0 radical (unpaired) electrons. The third kappa shape index (κ3) is 5.90. The minimum absolute atomic E-state index is 0.462. The van der Waals surface area contributed by atoms with Crippen LogP contribution >= 0.6 is 0 Å². The van der Waals surface area contributed by atoms with E-state index in [9.17, 15) is 0 Å². The highest BCUT2D eigenvalue weighted by Gasteiger charge is 2.30. The van der Waals surface area contributed by atoms with Gasteiger partial charge in [-0.1, -0.05) is 18.2 Å². The molecule has 4 rings (SSSR count). The summed E-state index contributed by atoms with van der Waals surface area (Å²) in [7, 11) is 0. The van der Waals surface area contributed by atoms with E-state index >= 15 is 0 Å². The van der Waals surface area contributed by atoms with Crippen molar-refractivity contribution in [3.05, 3.63) is 30.3 Å². The van der Waals surface area contributed by atoms with Crippen LogP contribution in [0.25, 0.3) is 0 Å². The Kier molecular flexibility index (Phi) is 8.05. The fourth-order valence-corrected chi connectivity index (χ4v) is 4.99. The number of para-hydroxylation sites is 1. The number of benzene rings is 1. The van der Waals surface area contributed by atoms with Gasteiger partial charge in [-0.05, 0) is 32.4 Å². The molecule has 0 amide bonds. The largest absolute Gasteiger partial charge is 0.379 e. The summed E-state index contributed by atoms with van der Waals surface area (Å²) in [6.07, 6.45) is 1.22. The van der Waals surface area contributed by atoms with Crippen LogP contribution in [0.15, 0.2) is 35.3 Å². The van der Waals surface area contributed by atoms with E-state index < -0.39 is 0 Å². The van der Waals surface area contributed by atoms with E-state index in [0.29, 0.717) is 12.1 Å². The van der Waals surface area contributed by atoms with Gasteiger partial charge < -0.3 is 19.9 Å². The maximum atomic E-state index is 5.53. The van der Waals surface area contributed by atoms with Crippen LogP contribution in [0.1, 0.15) is 20.3 Å².